The first-order chi connectivity index (χ1) is 13.0. The van der Waals surface area contributed by atoms with E-state index in [1.165, 1.54) is 25.3 Å². The van der Waals surface area contributed by atoms with E-state index in [-0.39, 0.29) is 23.7 Å². The van der Waals surface area contributed by atoms with Gasteiger partial charge in [-0.3, -0.25) is 0 Å². The highest BCUT2D eigenvalue weighted by Crippen LogP contribution is 2.24. The molecular formula is C21H25F2NO3. The minimum atomic E-state index is -0.401. The highest BCUT2D eigenvalue weighted by atomic mass is 19.1. The number of rotatable bonds is 8. The summed E-state index contributed by atoms with van der Waals surface area (Å²) in [6, 6.07) is 9.49. The quantitative estimate of drug-likeness (QED) is 0.742. The molecule has 27 heavy (non-hydrogen) atoms. The second-order valence-corrected chi connectivity index (χ2v) is 6.85. The number of hydrogen-bond donors (Lipinski definition) is 2. The molecule has 0 amide bonds. The van der Waals surface area contributed by atoms with Crippen LogP contribution in [0.15, 0.2) is 36.4 Å². The zero-order valence-electron chi connectivity index (χ0n) is 15.4. The highest BCUT2D eigenvalue weighted by molar-refractivity contribution is 5.36. The van der Waals surface area contributed by atoms with Crippen LogP contribution in [-0.2, 0) is 12.8 Å². The monoisotopic (exact) mass is 377 g/mol. The van der Waals surface area contributed by atoms with E-state index in [9.17, 15) is 13.9 Å². The number of β-amino-alcohol motifs (C(OH)–C–C–N with tert-alkyl or cyclic N) is 1. The van der Waals surface area contributed by atoms with Gasteiger partial charge < -0.3 is 19.9 Å². The fraction of sp³-hybridized carbons (Fsp3) is 0.429. The number of nitrogens with one attached hydrogen (secondary N) is 1. The number of aryl methyl sites for hydroxylation is 2. The van der Waals surface area contributed by atoms with Gasteiger partial charge in [-0.2, -0.15) is 0 Å². The van der Waals surface area contributed by atoms with Crippen molar-refractivity contribution in [3.8, 4) is 11.5 Å². The number of ether oxygens (including phenoxy) is 2. The molecule has 0 radical (unpaired) electrons. The van der Waals surface area contributed by atoms with Crippen LogP contribution in [0, 0.1) is 11.6 Å². The fourth-order valence-electron chi connectivity index (χ4n) is 3.35. The Hall–Kier alpha value is -2.18. The molecule has 0 aromatic heterocycles. The summed E-state index contributed by atoms with van der Waals surface area (Å²) in [6.45, 7) is 1.11. The third-order valence-corrected chi connectivity index (χ3v) is 4.84. The molecule has 1 aliphatic heterocycles. The van der Waals surface area contributed by atoms with Crippen LogP contribution in [0.2, 0.25) is 0 Å². The molecule has 2 aromatic rings. The lowest BCUT2D eigenvalue weighted by atomic mass is 10.0. The maximum atomic E-state index is 13.7. The van der Waals surface area contributed by atoms with E-state index in [0.717, 1.165) is 24.0 Å². The Bertz CT molecular complexity index is 769. The Morgan fingerprint density at radius 2 is 1.96 bits per heavy atom. The number of hydrogen-bond acceptors (Lipinski definition) is 4. The van der Waals surface area contributed by atoms with E-state index >= 15 is 0 Å². The molecule has 2 aromatic carbocycles. The lowest BCUT2D eigenvalue weighted by Crippen LogP contribution is -2.23. The van der Waals surface area contributed by atoms with Crippen LogP contribution in [0.25, 0.3) is 0 Å². The van der Waals surface area contributed by atoms with Gasteiger partial charge in [0.25, 0.3) is 0 Å². The van der Waals surface area contributed by atoms with Gasteiger partial charge >= 0.3 is 0 Å². The average molecular weight is 377 g/mol. The molecule has 1 fully saturated rings. The van der Waals surface area contributed by atoms with Crippen LogP contribution < -0.4 is 14.8 Å². The van der Waals surface area contributed by atoms with Crippen LogP contribution in [-0.4, -0.2) is 37.5 Å². The van der Waals surface area contributed by atoms with E-state index in [1.54, 1.807) is 18.2 Å². The summed E-state index contributed by atoms with van der Waals surface area (Å²) in [6.07, 6.45) is 2.41. The first-order valence-corrected chi connectivity index (χ1v) is 9.20. The molecule has 4 nitrogen and oxygen atoms in total. The molecule has 3 rings (SSSR count). The van der Waals surface area contributed by atoms with Crippen molar-refractivity contribution in [3.05, 3.63) is 59.2 Å². The standard InChI is InChI=1S/C21H25F2NO3/c1-26-21-10-14(3-6-19(21)23)2-4-15-11-16(22)5-7-20(15)27-9-8-17-12-18(25)13-24-17/h3,5-7,10-11,17-18,24-25H,2,4,8-9,12-13H2,1H3. The topological polar surface area (TPSA) is 50.7 Å². The Labute approximate surface area is 158 Å². The number of benzene rings is 2. The number of aliphatic hydroxyl groups is 1. The van der Waals surface area contributed by atoms with E-state index in [2.05, 4.69) is 5.32 Å². The second kappa shape index (κ2) is 9.15. The molecule has 0 bridgehead atoms. The molecule has 1 saturated heterocycles. The summed E-state index contributed by atoms with van der Waals surface area (Å²) in [5.74, 6) is 0.148. The molecule has 2 atom stereocenters. The Balaban J connectivity index is 1.60. The zero-order chi connectivity index (χ0) is 19.2. The minimum Gasteiger partial charge on any atom is -0.494 e. The molecule has 6 heteroatoms. The Morgan fingerprint density at radius 3 is 2.70 bits per heavy atom. The maximum absolute atomic E-state index is 13.7. The summed E-state index contributed by atoms with van der Waals surface area (Å²) >= 11 is 0. The molecule has 146 valence electrons. The maximum Gasteiger partial charge on any atom is 0.165 e. The number of methoxy groups -OCH3 is 1. The third-order valence-electron chi connectivity index (χ3n) is 4.84. The lowest BCUT2D eigenvalue weighted by Gasteiger charge is -2.14. The summed E-state index contributed by atoms with van der Waals surface area (Å²) in [5.41, 5.74) is 1.69. The summed E-state index contributed by atoms with van der Waals surface area (Å²) < 4.78 is 38.1. The summed E-state index contributed by atoms with van der Waals surface area (Å²) in [7, 11) is 1.43. The van der Waals surface area contributed by atoms with Gasteiger partial charge in [0.05, 0.1) is 19.8 Å². The van der Waals surface area contributed by atoms with Crippen LogP contribution in [0.3, 0.4) is 0 Å². The van der Waals surface area contributed by atoms with E-state index in [0.29, 0.717) is 31.7 Å². The van der Waals surface area contributed by atoms with E-state index < -0.39 is 5.82 Å². The van der Waals surface area contributed by atoms with Crippen molar-refractivity contribution in [1.29, 1.82) is 0 Å². The third kappa shape index (κ3) is 5.40. The van der Waals surface area contributed by atoms with Gasteiger partial charge in [0.15, 0.2) is 11.6 Å². The zero-order valence-corrected chi connectivity index (χ0v) is 15.4. The van der Waals surface area contributed by atoms with Gasteiger partial charge in [-0.1, -0.05) is 6.07 Å². The van der Waals surface area contributed by atoms with Crippen molar-refractivity contribution in [1.82, 2.24) is 5.32 Å². The van der Waals surface area contributed by atoms with Gasteiger partial charge in [0.2, 0.25) is 0 Å². The molecular weight excluding hydrogens is 352 g/mol. The highest BCUT2D eigenvalue weighted by Gasteiger charge is 2.21. The fourth-order valence-corrected chi connectivity index (χ4v) is 3.35. The van der Waals surface area contributed by atoms with Crippen LogP contribution >= 0.6 is 0 Å². The predicted molar refractivity (Wildman–Crippen MR) is 99.3 cm³/mol. The molecule has 1 heterocycles. The number of halogens is 2. The molecule has 2 unspecified atom stereocenters. The largest absolute Gasteiger partial charge is 0.494 e. The van der Waals surface area contributed by atoms with Crippen molar-refractivity contribution in [3.63, 3.8) is 0 Å². The molecule has 2 N–H and O–H groups in total. The van der Waals surface area contributed by atoms with Crippen molar-refractivity contribution in [2.75, 3.05) is 20.3 Å². The molecule has 0 spiro atoms. The summed E-state index contributed by atoms with van der Waals surface area (Å²) in [5, 5.41) is 12.8. The van der Waals surface area contributed by atoms with E-state index in [1.807, 2.05) is 0 Å². The normalized spacial score (nSPS) is 19.3. The first kappa shape index (κ1) is 19.6. The van der Waals surface area contributed by atoms with Crippen molar-refractivity contribution < 1.29 is 23.4 Å². The van der Waals surface area contributed by atoms with Crippen LogP contribution in [0.4, 0.5) is 8.78 Å². The van der Waals surface area contributed by atoms with Crippen molar-refractivity contribution in [2.45, 2.75) is 37.8 Å². The van der Waals surface area contributed by atoms with Gasteiger partial charge in [-0.25, -0.2) is 8.78 Å². The van der Waals surface area contributed by atoms with Gasteiger partial charge in [-0.15, -0.1) is 0 Å². The minimum absolute atomic E-state index is 0.203. The van der Waals surface area contributed by atoms with Gasteiger partial charge in [0, 0.05) is 12.6 Å². The first-order valence-electron chi connectivity index (χ1n) is 9.20. The SMILES string of the molecule is COc1cc(CCc2cc(F)ccc2OCCC2CC(O)CN2)ccc1F. The smallest absolute Gasteiger partial charge is 0.165 e. The van der Waals surface area contributed by atoms with E-state index in [4.69, 9.17) is 9.47 Å². The molecule has 0 aliphatic carbocycles. The molecule has 1 aliphatic rings. The predicted octanol–water partition coefficient (Wildman–Crippen LogP) is 3.25. The second-order valence-electron chi connectivity index (χ2n) is 6.85. The van der Waals surface area contributed by atoms with Crippen LogP contribution in [0.5, 0.6) is 11.5 Å². The van der Waals surface area contributed by atoms with Gasteiger partial charge in [-0.05, 0) is 67.1 Å². The number of aliphatic hydroxyl groups excluding tert-OH is 1. The van der Waals surface area contributed by atoms with Gasteiger partial charge in [0.1, 0.15) is 11.6 Å². The molecule has 0 saturated carbocycles. The Kier molecular flexibility index (Phi) is 6.63. The van der Waals surface area contributed by atoms with Crippen LogP contribution in [0.1, 0.15) is 24.0 Å². The summed E-state index contributed by atoms with van der Waals surface area (Å²) in [4.78, 5) is 0. The Morgan fingerprint density at radius 1 is 1.11 bits per heavy atom. The average Bonchev–Trinajstić information content (AvgIpc) is 3.07. The van der Waals surface area contributed by atoms with Crippen molar-refractivity contribution in [2.24, 2.45) is 0 Å². The lowest BCUT2D eigenvalue weighted by molar-refractivity contribution is 0.191. The van der Waals surface area contributed by atoms with Crippen molar-refractivity contribution >= 4 is 0 Å².